The van der Waals surface area contributed by atoms with Crippen LogP contribution in [0.3, 0.4) is 0 Å². The van der Waals surface area contributed by atoms with E-state index in [0.29, 0.717) is 10.6 Å². The monoisotopic (exact) mass is 303 g/mol. The molecular formula is C17H18FNOS. The van der Waals surface area contributed by atoms with E-state index in [1.54, 1.807) is 18.3 Å². The highest BCUT2D eigenvalue weighted by Crippen LogP contribution is 2.34. The lowest BCUT2D eigenvalue weighted by atomic mass is 9.84. The number of rotatable bonds is 4. The molecule has 0 bridgehead atoms. The van der Waals surface area contributed by atoms with Gasteiger partial charge in [0, 0.05) is 28.5 Å². The molecule has 1 N–H and O–H groups in total. The summed E-state index contributed by atoms with van der Waals surface area (Å²) in [5, 5.41) is 10.5. The Hall–Kier alpha value is -1.39. The minimum atomic E-state index is -0.497. The lowest BCUT2D eigenvalue weighted by Gasteiger charge is -2.28. The van der Waals surface area contributed by atoms with Crippen molar-refractivity contribution in [1.29, 1.82) is 0 Å². The third-order valence-electron chi connectivity index (χ3n) is 3.95. The molecule has 21 heavy (non-hydrogen) atoms. The maximum Gasteiger partial charge on any atom is 0.136 e. The molecule has 0 aliphatic heterocycles. The Labute approximate surface area is 128 Å². The number of aromatic nitrogens is 1. The number of aryl methyl sites for hydroxylation is 1. The smallest absolute Gasteiger partial charge is 0.136 e. The van der Waals surface area contributed by atoms with E-state index in [9.17, 15) is 9.50 Å². The summed E-state index contributed by atoms with van der Waals surface area (Å²) in [6, 6.07) is 10.7. The van der Waals surface area contributed by atoms with Gasteiger partial charge < -0.3 is 5.11 Å². The van der Waals surface area contributed by atoms with Gasteiger partial charge in [-0.05, 0) is 43.0 Å². The van der Waals surface area contributed by atoms with Gasteiger partial charge in [-0.1, -0.05) is 18.2 Å². The van der Waals surface area contributed by atoms with Crippen LogP contribution in [0.5, 0.6) is 0 Å². The second-order valence-corrected chi connectivity index (χ2v) is 6.42. The number of halogens is 1. The molecule has 0 saturated carbocycles. The molecule has 0 amide bonds. The molecule has 1 aromatic carbocycles. The van der Waals surface area contributed by atoms with E-state index >= 15 is 0 Å². The number of nitrogens with zero attached hydrogens (tertiary/aromatic N) is 1. The molecule has 2 aromatic rings. The van der Waals surface area contributed by atoms with Crippen LogP contribution in [-0.2, 0) is 6.42 Å². The SMILES string of the molecule is OC(CSc1ccccc1F)C1CCCc2cccnc21. The minimum absolute atomic E-state index is 0.0641. The van der Waals surface area contributed by atoms with Crippen LogP contribution in [-0.4, -0.2) is 21.9 Å². The summed E-state index contributed by atoms with van der Waals surface area (Å²) in [6.45, 7) is 0. The highest BCUT2D eigenvalue weighted by molar-refractivity contribution is 7.99. The highest BCUT2D eigenvalue weighted by Gasteiger charge is 2.27. The van der Waals surface area contributed by atoms with E-state index < -0.39 is 6.10 Å². The number of thioether (sulfide) groups is 1. The van der Waals surface area contributed by atoms with Crippen molar-refractivity contribution in [3.05, 3.63) is 59.7 Å². The van der Waals surface area contributed by atoms with Crippen LogP contribution in [0.2, 0.25) is 0 Å². The van der Waals surface area contributed by atoms with E-state index in [0.717, 1.165) is 25.0 Å². The number of hydrogen-bond donors (Lipinski definition) is 1. The Balaban J connectivity index is 1.69. The molecule has 2 unspecified atom stereocenters. The third-order valence-corrected chi connectivity index (χ3v) is 5.10. The van der Waals surface area contributed by atoms with Crippen LogP contribution in [0.1, 0.15) is 30.0 Å². The van der Waals surface area contributed by atoms with Gasteiger partial charge in [-0.25, -0.2) is 4.39 Å². The maximum atomic E-state index is 13.6. The second kappa shape index (κ2) is 6.58. The van der Waals surface area contributed by atoms with Gasteiger partial charge >= 0.3 is 0 Å². The first-order chi connectivity index (χ1) is 10.3. The van der Waals surface area contributed by atoms with Crippen LogP contribution >= 0.6 is 11.8 Å². The molecule has 110 valence electrons. The van der Waals surface area contributed by atoms with Crippen LogP contribution in [0, 0.1) is 5.82 Å². The van der Waals surface area contributed by atoms with Crippen molar-refractivity contribution in [2.45, 2.75) is 36.2 Å². The van der Waals surface area contributed by atoms with Gasteiger partial charge in [0.25, 0.3) is 0 Å². The number of fused-ring (bicyclic) bond motifs is 1. The summed E-state index contributed by atoms with van der Waals surface area (Å²) in [5.74, 6) is 0.327. The van der Waals surface area contributed by atoms with Gasteiger partial charge in [0.1, 0.15) is 5.82 Å². The quantitative estimate of drug-likeness (QED) is 0.872. The molecule has 3 rings (SSSR count). The number of aliphatic hydroxyl groups is 1. The van der Waals surface area contributed by atoms with Crippen LogP contribution in [0.15, 0.2) is 47.5 Å². The van der Waals surface area contributed by atoms with Crippen molar-refractivity contribution in [3.63, 3.8) is 0 Å². The summed E-state index contributed by atoms with van der Waals surface area (Å²) < 4.78 is 13.6. The first-order valence-corrected chi connectivity index (χ1v) is 8.23. The van der Waals surface area contributed by atoms with E-state index in [-0.39, 0.29) is 11.7 Å². The van der Waals surface area contributed by atoms with E-state index in [2.05, 4.69) is 11.1 Å². The molecule has 2 nitrogen and oxygen atoms in total. The fourth-order valence-electron chi connectivity index (χ4n) is 2.87. The summed E-state index contributed by atoms with van der Waals surface area (Å²) >= 11 is 1.37. The van der Waals surface area contributed by atoms with Crippen molar-refractivity contribution in [2.75, 3.05) is 5.75 Å². The summed E-state index contributed by atoms with van der Waals surface area (Å²) in [7, 11) is 0. The lowest BCUT2D eigenvalue weighted by Crippen LogP contribution is -2.26. The number of benzene rings is 1. The summed E-state index contributed by atoms with van der Waals surface area (Å²) in [6.07, 6.45) is 4.35. The predicted molar refractivity (Wildman–Crippen MR) is 83.0 cm³/mol. The van der Waals surface area contributed by atoms with Gasteiger partial charge in [0.2, 0.25) is 0 Å². The Morgan fingerprint density at radius 2 is 2.14 bits per heavy atom. The topological polar surface area (TPSA) is 33.1 Å². The number of pyridine rings is 1. The van der Waals surface area contributed by atoms with Crippen molar-refractivity contribution >= 4 is 11.8 Å². The fourth-order valence-corrected chi connectivity index (χ4v) is 3.84. The molecule has 0 saturated heterocycles. The second-order valence-electron chi connectivity index (χ2n) is 5.36. The van der Waals surface area contributed by atoms with Crippen molar-refractivity contribution in [2.24, 2.45) is 0 Å². The average Bonchev–Trinajstić information content (AvgIpc) is 2.53. The molecule has 1 aromatic heterocycles. The van der Waals surface area contributed by atoms with Crippen molar-refractivity contribution < 1.29 is 9.50 Å². The molecule has 0 spiro atoms. The first-order valence-electron chi connectivity index (χ1n) is 7.25. The lowest BCUT2D eigenvalue weighted by molar-refractivity contribution is 0.155. The summed E-state index contributed by atoms with van der Waals surface area (Å²) in [4.78, 5) is 5.04. The molecule has 1 aliphatic rings. The summed E-state index contributed by atoms with van der Waals surface area (Å²) in [5.41, 5.74) is 2.26. The van der Waals surface area contributed by atoms with Crippen molar-refractivity contribution in [1.82, 2.24) is 4.98 Å². The number of aliphatic hydroxyl groups excluding tert-OH is 1. The maximum absolute atomic E-state index is 13.6. The first kappa shape index (κ1) is 14.5. The van der Waals surface area contributed by atoms with Gasteiger partial charge in [-0.3, -0.25) is 4.98 Å². The zero-order valence-electron chi connectivity index (χ0n) is 11.7. The van der Waals surface area contributed by atoms with Gasteiger partial charge in [0.15, 0.2) is 0 Å². The van der Waals surface area contributed by atoms with E-state index in [1.807, 2.05) is 12.1 Å². The molecule has 0 fully saturated rings. The Kier molecular flexibility index (Phi) is 4.56. The average molecular weight is 303 g/mol. The van der Waals surface area contributed by atoms with E-state index in [4.69, 9.17) is 0 Å². The molecule has 2 atom stereocenters. The standard InChI is InChI=1S/C17H18FNOS/c18-14-8-1-2-9-16(14)21-11-15(20)13-7-3-5-12-6-4-10-19-17(12)13/h1-2,4,6,8-10,13,15,20H,3,5,7,11H2. The fraction of sp³-hybridized carbons (Fsp3) is 0.353. The molecule has 1 heterocycles. The third kappa shape index (κ3) is 3.27. The van der Waals surface area contributed by atoms with Crippen molar-refractivity contribution in [3.8, 4) is 0 Å². The molecule has 0 radical (unpaired) electrons. The Morgan fingerprint density at radius 1 is 1.29 bits per heavy atom. The normalized spacial score (nSPS) is 19.0. The van der Waals surface area contributed by atoms with Gasteiger partial charge in [-0.15, -0.1) is 11.8 Å². The largest absolute Gasteiger partial charge is 0.392 e. The Bertz CT molecular complexity index is 619. The van der Waals surface area contributed by atoms with E-state index in [1.165, 1.54) is 23.4 Å². The predicted octanol–water partition coefficient (Wildman–Crippen LogP) is 3.79. The van der Waals surface area contributed by atoms with Gasteiger partial charge in [-0.2, -0.15) is 0 Å². The van der Waals surface area contributed by atoms with Crippen LogP contribution in [0.4, 0.5) is 4.39 Å². The molecule has 1 aliphatic carbocycles. The molecule has 4 heteroatoms. The van der Waals surface area contributed by atoms with Crippen LogP contribution < -0.4 is 0 Å². The van der Waals surface area contributed by atoms with Crippen LogP contribution in [0.25, 0.3) is 0 Å². The Morgan fingerprint density at radius 3 is 3.00 bits per heavy atom. The zero-order chi connectivity index (χ0) is 14.7. The number of hydrogen-bond acceptors (Lipinski definition) is 3. The van der Waals surface area contributed by atoms with Gasteiger partial charge in [0.05, 0.1) is 6.10 Å². The zero-order valence-corrected chi connectivity index (χ0v) is 12.5. The minimum Gasteiger partial charge on any atom is -0.392 e. The molecular weight excluding hydrogens is 285 g/mol. The highest BCUT2D eigenvalue weighted by atomic mass is 32.2.